The number of carbonyl (C=O) groups excluding carboxylic acids is 1. The van der Waals surface area contributed by atoms with Gasteiger partial charge >= 0.3 is 17.9 Å². The first-order chi connectivity index (χ1) is 14.7. The van der Waals surface area contributed by atoms with Crippen molar-refractivity contribution in [1.82, 2.24) is 9.78 Å². The van der Waals surface area contributed by atoms with Crippen LogP contribution in [-0.2, 0) is 14.3 Å². The second kappa shape index (κ2) is 10.0. The van der Waals surface area contributed by atoms with Crippen LogP contribution in [0.4, 0.5) is 0 Å². The predicted octanol–water partition coefficient (Wildman–Crippen LogP) is 2.97. The largest absolute Gasteiger partial charge is 0.481 e. The molecule has 31 heavy (non-hydrogen) atoms. The molecule has 1 unspecified atom stereocenters. The molecule has 1 aromatic heterocycles. The van der Waals surface area contributed by atoms with Gasteiger partial charge in [-0.25, -0.2) is 14.3 Å². The number of allylic oxidation sites excluding steroid dienone is 2. The van der Waals surface area contributed by atoms with Gasteiger partial charge in [0.05, 0.1) is 35.5 Å². The smallest absolute Gasteiger partial charge is 0.357 e. The van der Waals surface area contributed by atoms with Gasteiger partial charge in [0.1, 0.15) is 0 Å². The normalized spacial score (nSPS) is 16.9. The summed E-state index contributed by atoms with van der Waals surface area (Å²) in [6.45, 7) is 3.57. The summed E-state index contributed by atoms with van der Waals surface area (Å²) in [6, 6.07) is 10.4. The Morgan fingerprint density at radius 2 is 1.90 bits per heavy atom. The molecule has 2 N–H and O–H groups in total. The van der Waals surface area contributed by atoms with Crippen LogP contribution in [0, 0.1) is 16.7 Å². The fourth-order valence-corrected chi connectivity index (χ4v) is 2.73. The van der Waals surface area contributed by atoms with E-state index in [0.717, 1.165) is 0 Å². The molecule has 0 radical (unpaired) electrons. The fraction of sp³-hybridized carbons (Fsp3) is 0.227. The number of nitrogens with zero attached hydrogens (tertiary/aromatic N) is 3. The zero-order valence-corrected chi connectivity index (χ0v) is 17.0. The molecule has 1 aromatic carbocycles. The molecule has 0 bridgehead atoms. The number of aromatic nitrogens is 2. The van der Waals surface area contributed by atoms with Gasteiger partial charge in [0.25, 0.3) is 0 Å². The number of aliphatic carboxylic acids is 2. The maximum absolute atomic E-state index is 11.7. The molecule has 1 heterocycles. The highest BCUT2D eigenvalue weighted by Gasteiger charge is 2.34. The maximum atomic E-state index is 11.7. The summed E-state index contributed by atoms with van der Waals surface area (Å²) in [6.07, 6.45) is 5.97. The number of hydrogen-bond acceptors (Lipinski definition) is 6. The zero-order valence-electron chi connectivity index (χ0n) is 17.0. The quantitative estimate of drug-likeness (QED) is 0.699. The van der Waals surface area contributed by atoms with Gasteiger partial charge in [-0.2, -0.15) is 10.4 Å². The second-order valence-corrected chi connectivity index (χ2v) is 6.76. The highest BCUT2D eigenvalue weighted by Crippen LogP contribution is 2.31. The Bertz CT molecular complexity index is 1080. The minimum atomic E-state index is -1.08. The third kappa shape index (κ3) is 5.67. The molecule has 0 spiro atoms. The molecule has 0 amide bonds. The standard InChI is InChI=1S/C13H11N3O2.C9H10O4/c1-2-18-13(17)12-7-8-15-16(12)11-5-3-10(9-14)4-6-11;1-9(8(12)13)4-2-3-6(5-9)7(10)11/h3-8H,2H2,1H3;2-4H,5H2,1H3,(H,10,11)(H,12,13). The van der Waals surface area contributed by atoms with Gasteiger partial charge in [-0.3, -0.25) is 4.79 Å². The molecule has 0 aliphatic heterocycles. The van der Waals surface area contributed by atoms with E-state index in [4.69, 9.17) is 20.2 Å². The van der Waals surface area contributed by atoms with Gasteiger partial charge < -0.3 is 14.9 Å². The van der Waals surface area contributed by atoms with Crippen LogP contribution in [-0.4, -0.2) is 44.5 Å². The molecular formula is C22H21N3O6. The van der Waals surface area contributed by atoms with E-state index in [1.165, 1.54) is 36.0 Å². The average molecular weight is 423 g/mol. The first kappa shape index (κ1) is 23.1. The molecule has 9 nitrogen and oxygen atoms in total. The van der Waals surface area contributed by atoms with Crippen molar-refractivity contribution in [2.24, 2.45) is 5.41 Å². The van der Waals surface area contributed by atoms with Gasteiger partial charge in [0, 0.05) is 5.57 Å². The van der Waals surface area contributed by atoms with Crippen LogP contribution in [0.5, 0.6) is 0 Å². The number of hydrogen-bond donors (Lipinski definition) is 2. The fourth-order valence-electron chi connectivity index (χ4n) is 2.73. The Labute approximate surface area is 178 Å². The van der Waals surface area contributed by atoms with Crippen molar-refractivity contribution in [1.29, 1.82) is 5.26 Å². The lowest BCUT2D eigenvalue weighted by Crippen LogP contribution is -2.28. The van der Waals surface area contributed by atoms with E-state index in [0.29, 0.717) is 23.6 Å². The highest BCUT2D eigenvalue weighted by molar-refractivity contribution is 5.90. The van der Waals surface area contributed by atoms with Crippen molar-refractivity contribution in [2.45, 2.75) is 20.3 Å². The van der Waals surface area contributed by atoms with Gasteiger partial charge in [-0.1, -0.05) is 18.2 Å². The highest BCUT2D eigenvalue weighted by atomic mass is 16.5. The van der Waals surface area contributed by atoms with E-state index >= 15 is 0 Å². The lowest BCUT2D eigenvalue weighted by Gasteiger charge is -2.23. The Morgan fingerprint density at radius 1 is 1.23 bits per heavy atom. The topological polar surface area (TPSA) is 143 Å². The van der Waals surface area contributed by atoms with Crippen LogP contribution in [0.25, 0.3) is 5.69 Å². The van der Waals surface area contributed by atoms with Gasteiger partial charge in [-0.05, 0) is 50.6 Å². The minimum absolute atomic E-state index is 0.0359. The van der Waals surface area contributed by atoms with Crippen molar-refractivity contribution < 1.29 is 29.3 Å². The van der Waals surface area contributed by atoms with Crippen LogP contribution >= 0.6 is 0 Å². The minimum Gasteiger partial charge on any atom is -0.481 e. The lowest BCUT2D eigenvalue weighted by molar-refractivity contribution is -0.145. The molecule has 0 saturated heterocycles. The molecule has 9 heteroatoms. The molecule has 2 aromatic rings. The average Bonchev–Trinajstić information content (AvgIpc) is 3.24. The van der Waals surface area contributed by atoms with Gasteiger partial charge in [0.2, 0.25) is 0 Å². The Hall–Kier alpha value is -4.19. The number of benzene rings is 1. The van der Waals surface area contributed by atoms with Crippen molar-refractivity contribution >= 4 is 17.9 Å². The number of rotatable bonds is 5. The number of ether oxygens (including phenoxy) is 1. The van der Waals surface area contributed by atoms with Crippen LogP contribution in [0.3, 0.4) is 0 Å². The monoisotopic (exact) mass is 423 g/mol. The molecule has 3 rings (SSSR count). The summed E-state index contributed by atoms with van der Waals surface area (Å²) in [5.41, 5.74) is 0.683. The number of nitriles is 1. The maximum Gasteiger partial charge on any atom is 0.357 e. The first-order valence-electron chi connectivity index (χ1n) is 9.28. The molecule has 160 valence electrons. The Balaban J connectivity index is 0.000000233. The number of carboxylic acid groups (broad SMARTS) is 2. The molecular weight excluding hydrogens is 402 g/mol. The number of carbonyl (C=O) groups is 3. The summed E-state index contributed by atoms with van der Waals surface area (Å²) in [4.78, 5) is 33.0. The Morgan fingerprint density at radius 3 is 2.45 bits per heavy atom. The van der Waals surface area contributed by atoms with E-state index in [1.54, 1.807) is 37.3 Å². The third-order valence-corrected chi connectivity index (χ3v) is 4.45. The summed E-state index contributed by atoms with van der Waals surface area (Å²) in [5.74, 6) is -2.48. The number of carboxylic acids is 2. The summed E-state index contributed by atoms with van der Waals surface area (Å²) < 4.78 is 6.43. The summed E-state index contributed by atoms with van der Waals surface area (Å²) in [7, 11) is 0. The molecule has 1 aliphatic rings. The summed E-state index contributed by atoms with van der Waals surface area (Å²) in [5, 5.41) is 30.3. The predicted molar refractivity (Wildman–Crippen MR) is 109 cm³/mol. The SMILES string of the molecule is CC1(C(=O)O)C=CC=C(C(=O)O)C1.CCOC(=O)c1ccnn1-c1ccc(C#N)cc1. The second-order valence-electron chi connectivity index (χ2n) is 6.76. The van der Waals surface area contributed by atoms with Crippen LogP contribution in [0.15, 0.2) is 60.3 Å². The van der Waals surface area contributed by atoms with Crippen molar-refractivity contribution in [3.05, 3.63) is 71.6 Å². The Kier molecular flexibility index (Phi) is 7.47. The van der Waals surface area contributed by atoms with Gasteiger partial charge in [0.15, 0.2) is 5.69 Å². The van der Waals surface area contributed by atoms with E-state index < -0.39 is 23.3 Å². The molecule has 1 aliphatic carbocycles. The summed E-state index contributed by atoms with van der Waals surface area (Å²) >= 11 is 0. The van der Waals surface area contributed by atoms with Crippen LogP contribution in [0.2, 0.25) is 0 Å². The van der Waals surface area contributed by atoms with E-state index in [2.05, 4.69) is 5.10 Å². The van der Waals surface area contributed by atoms with Gasteiger partial charge in [-0.15, -0.1) is 0 Å². The van der Waals surface area contributed by atoms with Crippen molar-refractivity contribution in [2.75, 3.05) is 6.61 Å². The van der Waals surface area contributed by atoms with E-state index in [1.807, 2.05) is 6.07 Å². The number of esters is 1. The lowest BCUT2D eigenvalue weighted by atomic mass is 9.80. The van der Waals surface area contributed by atoms with E-state index in [9.17, 15) is 14.4 Å². The van der Waals surface area contributed by atoms with Crippen molar-refractivity contribution in [3.8, 4) is 11.8 Å². The third-order valence-electron chi connectivity index (χ3n) is 4.45. The van der Waals surface area contributed by atoms with E-state index in [-0.39, 0.29) is 12.0 Å². The first-order valence-corrected chi connectivity index (χ1v) is 9.28. The van der Waals surface area contributed by atoms with Crippen molar-refractivity contribution in [3.63, 3.8) is 0 Å². The van der Waals surface area contributed by atoms with Crippen LogP contribution < -0.4 is 0 Å². The molecule has 1 atom stereocenters. The molecule has 0 fully saturated rings. The van der Waals surface area contributed by atoms with Crippen LogP contribution in [0.1, 0.15) is 36.3 Å². The zero-order chi connectivity index (χ0) is 23.0. The molecule has 0 saturated carbocycles.